The number of rotatable bonds is 6. The van der Waals surface area contributed by atoms with Crippen molar-refractivity contribution in [2.45, 2.75) is 0 Å². The molecule has 5 rings (SSSR count). The first-order chi connectivity index (χ1) is 25.9. The van der Waals surface area contributed by atoms with E-state index in [1.165, 1.54) is 0 Å². The third-order valence-corrected chi connectivity index (χ3v) is 7.31. The molecule has 2 nitrogen and oxygen atoms in total. The van der Waals surface area contributed by atoms with Gasteiger partial charge in [-0.15, -0.1) is 0 Å². The summed E-state index contributed by atoms with van der Waals surface area (Å²) < 4.78 is 356. The van der Waals surface area contributed by atoms with Gasteiger partial charge in [0.15, 0.2) is 116 Å². The van der Waals surface area contributed by atoms with Crippen molar-refractivity contribution in [3.8, 4) is 0 Å². The topological polar surface area (TPSA) is 6.48 Å². The zero-order chi connectivity index (χ0) is 42.5. The zero-order valence-corrected chi connectivity index (χ0v) is 25.0. The quantitative estimate of drug-likeness (QED) is 0.0954. The van der Waals surface area contributed by atoms with Gasteiger partial charge >= 0.3 is 0 Å². The van der Waals surface area contributed by atoms with Crippen LogP contribution in [0.1, 0.15) is 0 Å². The lowest BCUT2D eigenvalue weighted by Crippen LogP contribution is -2.28. The van der Waals surface area contributed by atoms with E-state index in [4.69, 9.17) is 0 Å². The summed E-state index contributed by atoms with van der Waals surface area (Å²) in [6, 6.07) is 0. The fourth-order valence-electron chi connectivity index (χ4n) is 4.85. The van der Waals surface area contributed by atoms with E-state index >= 15 is 43.9 Å². The van der Waals surface area contributed by atoms with Crippen molar-refractivity contribution in [3.05, 3.63) is 140 Å². The lowest BCUT2D eigenvalue weighted by molar-refractivity contribution is 0.372. The van der Waals surface area contributed by atoms with Crippen LogP contribution in [0, 0.1) is 140 Å². The Morgan fingerprint density at radius 2 is 0.214 bits per heavy atom. The summed E-state index contributed by atoms with van der Waals surface area (Å²) in [6.45, 7) is 0. The minimum Gasteiger partial charge on any atom is -0.295 e. The molecule has 0 fully saturated rings. The van der Waals surface area contributed by atoms with E-state index in [9.17, 15) is 61.5 Å². The molecule has 0 bridgehead atoms. The summed E-state index contributed by atoms with van der Waals surface area (Å²) in [5, 5.41) is 0. The number of hydrogen-bond acceptors (Lipinski definition) is 2. The van der Waals surface area contributed by atoms with E-state index in [0.29, 0.717) is 0 Å². The van der Waals surface area contributed by atoms with Crippen LogP contribution in [0.3, 0.4) is 0 Å². The Balaban J connectivity index is 2.24. The second kappa shape index (κ2) is 13.9. The van der Waals surface area contributed by atoms with E-state index in [2.05, 4.69) is 0 Å². The van der Waals surface area contributed by atoms with Crippen molar-refractivity contribution in [1.29, 1.82) is 0 Å². The van der Waals surface area contributed by atoms with E-state index in [0.717, 1.165) is 0 Å². The van der Waals surface area contributed by atoms with Crippen LogP contribution in [0.5, 0.6) is 0 Å². The van der Waals surface area contributed by atoms with E-state index in [1.54, 1.807) is 0 Å². The van der Waals surface area contributed by atoms with Crippen molar-refractivity contribution in [1.82, 2.24) is 0 Å². The van der Waals surface area contributed by atoms with Gasteiger partial charge in [0, 0.05) is 0 Å². The third-order valence-electron chi connectivity index (χ3n) is 7.31. The van der Waals surface area contributed by atoms with Gasteiger partial charge in [-0.3, -0.25) is 9.80 Å². The monoisotopic (exact) mass is 844 g/mol. The Kier molecular flexibility index (Phi) is 10.3. The van der Waals surface area contributed by atoms with Crippen molar-refractivity contribution in [3.63, 3.8) is 0 Å². The van der Waals surface area contributed by atoms with Gasteiger partial charge in [0.2, 0.25) is 23.3 Å². The molecular weight excluding hydrogens is 844 g/mol. The molecule has 0 aromatic heterocycles. The van der Waals surface area contributed by atoms with Gasteiger partial charge in [0.25, 0.3) is 0 Å². The SMILES string of the molecule is Fc1c(F)c(F)c(N(c2c(F)c(F)c(F)c(F)c2F)c2c(F)c(F)c(F)c(F)c2N(c2c(F)c(F)c(F)c(F)c2F)c2c(F)c(F)c(F)c(F)c2F)c(F)c1F. The van der Waals surface area contributed by atoms with Crippen LogP contribution in [0.2, 0.25) is 0 Å². The van der Waals surface area contributed by atoms with Gasteiger partial charge in [-0.25, -0.2) is 105 Å². The van der Waals surface area contributed by atoms with Gasteiger partial charge in [0.1, 0.15) is 34.1 Å². The highest BCUT2D eigenvalue weighted by atomic mass is 19.2. The van der Waals surface area contributed by atoms with Crippen LogP contribution in [0.15, 0.2) is 0 Å². The van der Waals surface area contributed by atoms with Crippen molar-refractivity contribution < 1.29 is 105 Å². The molecule has 298 valence electrons. The molecule has 0 amide bonds. The molecular formula is C30F24N2. The number of hydrogen-bond donors (Lipinski definition) is 0. The molecule has 0 radical (unpaired) electrons. The standard InChI is InChI=1S/C30F24N2/c31-1-5(35)15(45)25(16(46)6(1)36)55(26-17(47)7(37)2(32)8(38)18(26)48)29-23(53)13(43)14(44)24(54)30(29)56(27-19(49)9(39)3(33)10(40)20(27)50)28-21(51)11(41)4(34)12(42)22(28)52. The average molecular weight is 844 g/mol. The Morgan fingerprint density at radius 1 is 0.125 bits per heavy atom. The molecule has 0 unspecified atom stereocenters. The lowest BCUT2D eigenvalue weighted by atomic mass is 10.1. The summed E-state index contributed by atoms with van der Waals surface area (Å²) in [5.74, 6) is -85.2. The second-order valence-electron chi connectivity index (χ2n) is 10.3. The Hall–Kier alpha value is -5.98. The highest BCUT2D eigenvalue weighted by Crippen LogP contribution is 2.54. The highest BCUT2D eigenvalue weighted by Gasteiger charge is 2.45. The van der Waals surface area contributed by atoms with Gasteiger partial charge in [-0.2, -0.15) is 0 Å². The van der Waals surface area contributed by atoms with Gasteiger partial charge in [0.05, 0.1) is 0 Å². The first-order valence-corrected chi connectivity index (χ1v) is 13.4. The maximum Gasteiger partial charge on any atom is 0.200 e. The molecule has 5 aromatic rings. The second-order valence-corrected chi connectivity index (χ2v) is 10.3. The number of benzene rings is 5. The van der Waals surface area contributed by atoms with Crippen LogP contribution >= 0.6 is 0 Å². The summed E-state index contributed by atoms with van der Waals surface area (Å²) in [5.41, 5.74) is -21.0. The van der Waals surface area contributed by atoms with Crippen LogP contribution in [-0.4, -0.2) is 0 Å². The van der Waals surface area contributed by atoms with E-state index < -0.39 is 184 Å². The molecule has 0 heterocycles. The minimum atomic E-state index is -3.82. The molecule has 0 aliphatic carbocycles. The predicted octanol–water partition coefficient (Wildman–Crippen LogP) is 12.0. The summed E-state index contributed by atoms with van der Waals surface area (Å²) in [7, 11) is 0. The molecule has 0 saturated carbocycles. The van der Waals surface area contributed by atoms with Gasteiger partial charge in [-0.1, -0.05) is 0 Å². The van der Waals surface area contributed by atoms with E-state index in [1.807, 2.05) is 0 Å². The van der Waals surface area contributed by atoms with Crippen molar-refractivity contribution >= 4 is 34.1 Å². The molecule has 0 aliphatic rings. The zero-order valence-electron chi connectivity index (χ0n) is 25.0. The fraction of sp³-hybridized carbons (Fsp3) is 0. The average Bonchev–Trinajstić information content (AvgIpc) is 3.17. The molecule has 26 heteroatoms. The predicted molar refractivity (Wildman–Crippen MR) is 135 cm³/mol. The molecule has 0 spiro atoms. The van der Waals surface area contributed by atoms with Gasteiger partial charge in [-0.05, 0) is 0 Å². The van der Waals surface area contributed by atoms with Crippen LogP contribution in [-0.2, 0) is 0 Å². The number of halogens is 24. The van der Waals surface area contributed by atoms with Crippen molar-refractivity contribution in [2.24, 2.45) is 0 Å². The first-order valence-electron chi connectivity index (χ1n) is 13.4. The summed E-state index contributed by atoms with van der Waals surface area (Å²) >= 11 is 0. The largest absolute Gasteiger partial charge is 0.295 e. The summed E-state index contributed by atoms with van der Waals surface area (Å²) in [6.07, 6.45) is 0. The lowest BCUT2D eigenvalue weighted by Gasteiger charge is -2.34. The minimum absolute atomic E-state index is 2.09. The maximum absolute atomic E-state index is 16.0. The Morgan fingerprint density at radius 3 is 0.339 bits per heavy atom. The van der Waals surface area contributed by atoms with Crippen LogP contribution in [0.4, 0.5) is 139 Å². The number of anilines is 6. The molecule has 0 aliphatic heterocycles. The van der Waals surface area contributed by atoms with Crippen LogP contribution < -0.4 is 9.80 Å². The smallest absolute Gasteiger partial charge is 0.200 e. The van der Waals surface area contributed by atoms with Crippen LogP contribution in [0.25, 0.3) is 0 Å². The first kappa shape index (κ1) is 41.2. The molecule has 56 heavy (non-hydrogen) atoms. The highest BCUT2D eigenvalue weighted by molar-refractivity contribution is 5.93. The van der Waals surface area contributed by atoms with E-state index in [-0.39, 0.29) is 0 Å². The Labute approximate surface area is 289 Å². The molecule has 0 atom stereocenters. The third kappa shape index (κ3) is 5.57. The molecule has 0 saturated heterocycles. The summed E-state index contributed by atoms with van der Waals surface area (Å²) in [4.78, 5) is -4.18. The number of nitrogens with zero attached hydrogens (tertiary/aromatic N) is 2. The maximum atomic E-state index is 16.0. The molecule has 0 N–H and O–H groups in total. The fourth-order valence-corrected chi connectivity index (χ4v) is 4.85. The molecule has 5 aromatic carbocycles. The normalized spacial score (nSPS) is 11.6. The van der Waals surface area contributed by atoms with Crippen molar-refractivity contribution in [2.75, 3.05) is 9.80 Å². The van der Waals surface area contributed by atoms with Gasteiger partial charge < -0.3 is 0 Å². The Bertz CT molecular complexity index is 2120.